The topological polar surface area (TPSA) is 42.3 Å². The van der Waals surface area contributed by atoms with Crippen LogP contribution in [0.5, 0.6) is 0 Å². The molecule has 1 N–H and O–H groups in total. The summed E-state index contributed by atoms with van der Waals surface area (Å²) < 4.78 is 0. The van der Waals surface area contributed by atoms with Crippen molar-refractivity contribution in [3.05, 3.63) is 29.8 Å². The lowest BCUT2D eigenvalue weighted by atomic mass is 10.0. The van der Waals surface area contributed by atoms with E-state index in [2.05, 4.69) is 27.3 Å². The van der Waals surface area contributed by atoms with Gasteiger partial charge in [0.15, 0.2) is 0 Å². The van der Waals surface area contributed by atoms with Crippen molar-refractivity contribution < 1.29 is 0 Å². The summed E-state index contributed by atoms with van der Waals surface area (Å²) in [6, 6.07) is 10.8. The van der Waals surface area contributed by atoms with E-state index in [0.717, 1.165) is 38.3 Å². The summed E-state index contributed by atoms with van der Waals surface area (Å²) >= 11 is 0. The zero-order chi connectivity index (χ0) is 13.1. The standard InChI is InChI=1S/C15H20N4/c16-10-13-3-1-4-14(9-13)19-11-15(12-19)18-7-2-5-17-6-8-18/h1,3-4,9,15,17H,2,5-8,11-12H2. The van der Waals surface area contributed by atoms with Gasteiger partial charge in [0.1, 0.15) is 0 Å². The summed E-state index contributed by atoms with van der Waals surface area (Å²) in [7, 11) is 0. The van der Waals surface area contributed by atoms with E-state index in [1.165, 1.54) is 18.7 Å². The molecule has 4 nitrogen and oxygen atoms in total. The number of nitrogens with zero attached hydrogens (tertiary/aromatic N) is 3. The SMILES string of the molecule is N#Cc1cccc(N2CC(N3CCCNCC3)C2)c1. The van der Waals surface area contributed by atoms with Crippen LogP contribution in [0, 0.1) is 11.3 Å². The normalized spacial score (nSPS) is 21.5. The third kappa shape index (κ3) is 2.73. The molecule has 2 heterocycles. The van der Waals surface area contributed by atoms with Crippen LogP contribution in [-0.2, 0) is 0 Å². The summed E-state index contributed by atoms with van der Waals surface area (Å²) in [5.74, 6) is 0. The van der Waals surface area contributed by atoms with Gasteiger partial charge in [-0.05, 0) is 37.7 Å². The van der Waals surface area contributed by atoms with Crippen LogP contribution in [0.3, 0.4) is 0 Å². The Kier molecular flexibility index (Phi) is 3.67. The first-order chi connectivity index (χ1) is 9.36. The third-order valence-corrected chi connectivity index (χ3v) is 4.09. The minimum atomic E-state index is 0.686. The van der Waals surface area contributed by atoms with Crippen LogP contribution in [0.4, 0.5) is 5.69 Å². The number of benzene rings is 1. The average molecular weight is 256 g/mol. The van der Waals surface area contributed by atoms with Crippen LogP contribution in [0.15, 0.2) is 24.3 Å². The molecule has 0 bridgehead atoms. The smallest absolute Gasteiger partial charge is 0.0992 e. The molecule has 2 saturated heterocycles. The van der Waals surface area contributed by atoms with Crippen molar-refractivity contribution in [2.24, 2.45) is 0 Å². The molecule has 2 aliphatic rings. The van der Waals surface area contributed by atoms with Gasteiger partial charge in [0.2, 0.25) is 0 Å². The Morgan fingerprint density at radius 3 is 2.95 bits per heavy atom. The average Bonchev–Trinajstić information content (AvgIpc) is 2.66. The van der Waals surface area contributed by atoms with Crippen LogP contribution < -0.4 is 10.2 Å². The fourth-order valence-electron chi connectivity index (χ4n) is 2.90. The van der Waals surface area contributed by atoms with Crippen molar-refractivity contribution in [3.8, 4) is 6.07 Å². The van der Waals surface area contributed by atoms with E-state index >= 15 is 0 Å². The molecule has 2 aliphatic heterocycles. The molecular weight excluding hydrogens is 236 g/mol. The molecule has 100 valence electrons. The summed E-state index contributed by atoms with van der Waals surface area (Å²) in [5.41, 5.74) is 1.93. The van der Waals surface area contributed by atoms with E-state index in [0.29, 0.717) is 6.04 Å². The van der Waals surface area contributed by atoms with Gasteiger partial charge in [-0.1, -0.05) is 6.07 Å². The molecule has 0 atom stereocenters. The molecule has 3 rings (SSSR count). The number of hydrogen-bond acceptors (Lipinski definition) is 4. The minimum absolute atomic E-state index is 0.686. The maximum atomic E-state index is 8.94. The van der Waals surface area contributed by atoms with Crippen LogP contribution in [0.2, 0.25) is 0 Å². The lowest BCUT2D eigenvalue weighted by Gasteiger charge is -2.46. The first-order valence-electron chi connectivity index (χ1n) is 7.07. The van der Waals surface area contributed by atoms with Gasteiger partial charge >= 0.3 is 0 Å². The fraction of sp³-hybridized carbons (Fsp3) is 0.533. The predicted octanol–water partition coefficient (Wildman–Crippen LogP) is 1.04. The third-order valence-electron chi connectivity index (χ3n) is 4.09. The van der Waals surface area contributed by atoms with Crippen molar-refractivity contribution in [1.29, 1.82) is 5.26 Å². The first-order valence-corrected chi connectivity index (χ1v) is 7.07. The molecule has 0 aliphatic carbocycles. The molecule has 0 aromatic heterocycles. The first kappa shape index (κ1) is 12.5. The number of rotatable bonds is 2. The molecule has 0 unspecified atom stereocenters. The number of nitrogens with one attached hydrogen (secondary N) is 1. The Labute approximate surface area is 114 Å². The second-order valence-electron chi connectivity index (χ2n) is 5.36. The maximum Gasteiger partial charge on any atom is 0.0992 e. The van der Waals surface area contributed by atoms with Gasteiger partial charge in [0.05, 0.1) is 11.6 Å². The van der Waals surface area contributed by atoms with Crippen LogP contribution in [-0.4, -0.2) is 50.2 Å². The van der Waals surface area contributed by atoms with Crippen molar-refractivity contribution in [1.82, 2.24) is 10.2 Å². The number of nitriles is 1. The highest BCUT2D eigenvalue weighted by molar-refractivity contribution is 5.53. The second kappa shape index (κ2) is 5.60. The van der Waals surface area contributed by atoms with E-state index in [9.17, 15) is 0 Å². The van der Waals surface area contributed by atoms with E-state index in [1.54, 1.807) is 0 Å². The fourth-order valence-corrected chi connectivity index (χ4v) is 2.90. The molecule has 0 saturated carbocycles. The van der Waals surface area contributed by atoms with E-state index in [4.69, 9.17) is 5.26 Å². The van der Waals surface area contributed by atoms with Gasteiger partial charge in [0, 0.05) is 37.9 Å². The van der Waals surface area contributed by atoms with Crippen molar-refractivity contribution in [2.45, 2.75) is 12.5 Å². The zero-order valence-electron chi connectivity index (χ0n) is 11.2. The molecule has 0 spiro atoms. The molecule has 0 amide bonds. The molecule has 4 heteroatoms. The molecular formula is C15H20N4. The van der Waals surface area contributed by atoms with Crippen LogP contribution >= 0.6 is 0 Å². The van der Waals surface area contributed by atoms with E-state index < -0.39 is 0 Å². The molecule has 1 aromatic rings. The van der Waals surface area contributed by atoms with Gasteiger partial charge in [-0.3, -0.25) is 4.90 Å². The highest BCUT2D eigenvalue weighted by atomic mass is 15.3. The lowest BCUT2D eigenvalue weighted by Crippen LogP contribution is -2.60. The Balaban J connectivity index is 1.58. The Hall–Kier alpha value is -1.57. The van der Waals surface area contributed by atoms with Gasteiger partial charge in [0.25, 0.3) is 0 Å². The number of anilines is 1. The quantitative estimate of drug-likeness (QED) is 0.858. The highest BCUT2D eigenvalue weighted by Gasteiger charge is 2.31. The predicted molar refractivity (Wildman–Crippen MR) is 76.2 cm³/mol. The minimum Gasteiger partial charge on any atom is -0.368 e. The maximum absolute atomic E-state index is 8.94. The van der Waals surface area contributed by atoms with Gasteiger partial charge in [-0.25, -0.2) is 0 Å². The molecule has 1 aromatic carbocycles. The molecule has 19 heavy (non-hydrogen) atoms. The zero-order valence-corrected chi connectivity index (χ0v) is 11.2. The van der Waals surface area contributed by atoms with Gasteiger partial charge in [-0.15, -0.1) is 0 Å². The van der Waals surface area contributed by atoms with Crippen molar-refractivity contribution in [3.63, 3.8) is 0 Å². The van der Waals surface area contributed by atoms with E-state index in [1.807, 2.05) is 18.2 Å². The van der Waals surface area contributed by atoms with Crippen LogP contribution in [0.25, 0.3) is 0 Å². The van der Waals surface area contributed by atoms with E-state index in [-0.39, 0.29) is 0 Å². The monoisotopic (exact) mass is 256 g/mol. The Morgan fingerprint density at radius 2 is 2.11 bits per heavy atom. The summed E-state index contributed by atoms with van der Waals surface area (Å²) in [4.78, 5) is 4.97. The van der Waals surface area contributed by atoms with Gasteiger partial charge in [-0.2, -0.15) is 5.26 Å². The summed E-state index contributed by atoms with van der Waals surface area (Å²) in [6.45, 7) is 6.82. The van der Waals surface area contributed by atoms with Crippen molar-refractivity contribution >= 4 is 5.69 Å². The van der Waals surface area contributed by atoms with Crippen LogP contribution in [0.1, 0.15) is 12.0 Å². The van der Waals surface area contributed by atoms with Crippen molar-refractivity contribution in [2.75, 3.05) is 44.2 Å². The van der Waals surface area contributed by atoms with Gasteiger partial charge < -0.3 is 10.2 Å². The summed E-state index contributed by atoms with van der Waals surface area (Å²) in [5, 5.41) is 12.4. The Morgan fingerprint density at radius 1 is 1.21 bits per heavy atom. The Bertz CT molecular complexity index is 465. The summed E-state index contributed by atoms with van der Waals surface area (Å²) in [6.07, 6.45) is 1.25. The lowest BCUT2D eigenvalue weighted by molar-refractivity contribution is 0.177. The largest absolute Gasteiger partial charge is 0.368 e. The number of hydrogen-bond donors (Lipinski definition) is 1. The molecule has 2 fully saturated rings. The highest BCUT2D eigenvalue weighted by Crippen LogP contribution is 2.24. The second-order valence-corrected chi connectivity index (χ2v) is 5.36. The molecule has 0 radical (unpaired) electrons.